The maximum atomic E-state index is 12.2. The lowest BCUT2D eigenvalue weighted by atomic mass is 10.2. The molecule has 2 N–H and O–H groups in total. The lowest BCUT2D eigenvalue weighted by Gasteiger charge is -2.08. The summed E-state index contributed by atoms with van der Waals surface area (Å²) in [6.07, 6.45) is 0. The normalized spacial score (nSPS) is 10.6. The summed E-state index contributed by atoms with van der Waals surface area (Å²) in [6, 6.07) is 9.76. The van der Waals surface area contributed by atoms with E-state index in [1.54, 1.807) is 26.2 Å². The van der Waals surface area contributed by atoms with Crippen molar-refractivity contribution in [3.8, 4) is 11.5 Å². The van der Waals surface area contributed by atoms with Crippen molar-refractivity contribution in [2.75, 3.05) is 24.8 Å². The van der Waals surface area contributed by atoms with Crippen LogP contribution < -0.4 is 14.8 Å². The molecule has 9 nitrogen and oxygen atoms in total. The molecule has 1 heterocycles. The number of imidazole rings is 1. The van der Waals surface area contributed by atoms with E-state index in [-0.39, 0.29) is 23.0 Å². The minimum Gasteiger partial charge on any atom is -0.497 e. The number of amides is 1. The number of anilines is 1. The fourth-order valence-corrected chi connectivity index (χ4v) is 3.19. The zero-order valence-corrected chi connectivity index (χ0v) is 16.0. The van der Waals surface area contributed by atoms with Crippen LogP contribution in [0.15, 0.2) is 41.6 Å². The van der Waals surface area contributed by atoms with Gasteiger partial charge in [0.1, 0.15) is 17.2 Å². The molecule has 0 atom stereocenters. The monoisotopic (exact) mass is 402 g/mol. The van der Waals surface area contributed by atoms with Gasteiger partial charge in [-0.25, -0.2) is 4.98 Å². The number of hydrogen-bond donors (Lipinski definition) is 2. The van der Waals surface area contributed by atoms with Crippen LogP contribution in [0.5, 0.6) is 11.5 Å². The van der Waals surface area contributed by atoms with Gasteiger partial charge in [-0.2, -0.15) is 0 Å². The molecule has 0 saturated carbocycles. The number of ether oxygens (including phenoxy) is 2. The maximum absolute atomic E-state index is 12.2. The van der Waals surface area contributed by atoms with E-state index in [0.29, 0.717) is 23.3 Å². The van der Waals surface area contributed by atoms with Gasteiger partial charge in [-0.1, -0.05) is 11.8 Å². The second kappa shape index (κ2) is 8.61. The van der Waals surface area contributed by atoms with Crippen LogP contribution in [0, 0.1) is 10.1 Å². The number of methoxy groups -OCH3 is 1. The number of hydrogen-bond acceptors (Lipinski definition) is 7. The van der Waals surface area contributed by atoms with Gasteiger partial charge in [-0.3, -0.25) is 14.9 Å². The Kier molecular flexibility index (Phi) is 5.99. The average Bonchev–Trinajstić information content (AvgIpc) is 3.09. The second-order valence-corrected chi connectivity index (χ2v) is 6.60. The molecule has 0 saturated heterocycles. The van der Waals surface area contributed by atoms with Crippen molar-refractivity contribution in [1.82, 2.24) is 9.97 Å². The van der Waals surface area contributed by atoms with E-state index in [4.69, 9.17) is 9.47 Å². The van der Waals surface area contributed by atoms with Crippen molar-refractivity contribution in [3.63, 3.8) is 0 Å². The van der Waals surface area contributed by atoms with Gasteiger partial charge in [0.15, 0.2) is 5.16 Å². The molecule has 0 spiro atoms. The number of H-pyrrole nitrogens is 1. The smallest absolute Gasteiger partial charge is 0.296 e. The molecule has 0 radical (unpaired) electrons. The molecule has 3 rings (SSSR count). The molecular formula is C18H18N4O5S. The highest BCUT2D eigenvalue weighted by Gasteiger charge is 2.18. The van der Waals surface area contributed by atoms with Crippen molar-refractivity contribution in [1.29, 1.82) is 0 Å². The summed E-state index contributed by atoms with van der Waals surface area (Å²) in [7, 11) is 1.58. The first-order valence-corrected chi connectivity index (χ1v) is 9.36. The predicted molar refractivity (Wildman–Crippen MR) is 106 cm³/mol. The number of aromatic nitrogens is 2. The fourth-order valence-electron chi connectivity index (χ4n) is 2.51. The van der Waals surface area contributed by atoms with Crippen LogP contribution in [0.25, 0.3) is 11.0 Å². The zero-order chi connectivity index (χ0) is 20.1. The Morgan fingerprint density at radius 2 is 2.07 bits per heavy atom. The largest absolute Gasteiger partial charge is 0.497 e. The highest BCUT2D eigenvalue weighted by molar-refractivity contribution is 7.99. The molecule has 0 aliphatic carbocycles. The van der Waals surface area contributed by atoms with Gasteiger partial charge in [0, 0.05) is 6.07 Å². The van der Waals surface area contributed by atoms with Crippen LogP contribution in [0.3, 0.4) is 0 Å². The molecule has 0 fully saturated rings. The Morgan fingerprint density at radius 1 is 1.29 bits per heavy atom. The average molecular weight is 402 g/mol. The fraction of sp³-hybridized carbons (Fsp3) is 0.222. The van der Waals surface area contributed by atoms with E-state index in [1.165, 1.54) is 23.9 Å². The summed E-state index contributed by atoms with van der Waals surface area (Å²) in [5.41, 5.74) is 1.45. The first-order chi connectivity index (χ1) is 13.5. The Labute approximate surface area is 164 Å². The van der Waals surface area contributed by atoms with E-state index in [1.807, 2.05) is 12.1 Å². The Bertz CT molecular complexity index is 1020. The molecule has 0 bridgehead atoms. The number of nitrogens with one attached hydrogen (secondary N) is 2. The molecule has 1 aromatic heterocycles. The number of carbonyl (C=O) groups excluding carboxylic acids is 1. The number of thioether (sulfide) groups is 1. The van der Waals surface area contributed by atoms with E-state index in [9.17, 15) is 14.9 Å². The van der Waals surface area contributed by atoms with Gasteiger partial charge in [0.05, 0.1) is 41.5 Å². The highest BCUT2D eigenvalue weighted by Crippen LogP contribution is 2.29. The topological polar surface area (TPSA) is 119 Å². The van der Waals surface area contributed by atoms with Crippen molar-refractivity contribution >= 4 is 40.1 Å². The second-order valence-electron chi connectivity index (χ2n) is 5.63. The summed E-state index contributed by atoms with van der Waals surface area (Å²) in [4.78, 5) is 30.4. The van der Waals surface area contributed by atoms with Crippen LogP contribution >= 0.6 is 11.8 Å². The van der Waals surface area contributed by atoms with Gasteiger partial charge < -0.3 is 19.8 Å². The molecule has 146 valence electrons. The van der Waals surface area contributed by atoms with Crippen LogP contribution in [0.4, 0.5) is 11.4 Å². The molecule has 10 heteroatoms. The molecule has 1 amide bonds. The van der Waals surface area contributed by atoms with Gasteiger partial charge in [0.2, 0.25) is 5.91 Å². The number of nitrogens with zero attached hydrogens (tertiary/aromatic N) is 2. The van der Waals surface area contributed by atoms with Gasteiger partial charge in [0.25, 0.3) is 5.69 Å². The van der Waals surface area contributed by atoms with E-state index in [0.717, 1.165) is 11.0 Å². The third-order valence-corrected chi connectivity index (χ3v) is 4.63. The summed E-state index contributed by atoms with van der Waals surface area (Å²) in [5, 5.41) is 14.4. The molecule has 28 heavy (non-hydrogen) atoms. The number of aromatic amines is 1. The quantitative estimate of drug-likeness (QED) is 0.335. The van der Waals surface area contributed by atoms with Crippen LogP contribution in [0.1, 0.15) is 6.92 Å². The van der Waals surface area contributed by atoms with Crippen LogP contribution in [-0.4, -0.2) is 40.3 Å². The van der Waals surface area contributed by atoms with Crippen LogP contribution in [-0.2, 0) is 4.79 Å². The SMILES string of the molecule is CCOc1ccc(NC(=O)CSc2nc3ccc(OC)cc3[nH]2)c([N+](=O)[O-])c1. The number of carbonyl (C=O) groups is 1. The number of rotatable bonds is 8. The molecule has 3 aromatic rings. The summed E-state index contributed by atoms with van der Waals surface area (Å²) in [6.45, 7) is 2.18. The number of fused-ring (bicyclic) bond motifs is 1. The summed E-state index contributed by atoms with van der Waals surface area (Å²) < 4.78 is 10.4. The van der Waals surface area contributed by atoms with E-state index in [2.05, 4.69) is 15.3 Å². The van der Waals surface area contributed by atoms with E-state index >= 15 is 0 Å². The van der Waals surface area contributed by atoms with Gasteiger partial charge in [-0.15, -0.1) is 0 Å². The first-order valence-electron chi connectivity index (χ1n) is 8.37. The van der Waals surface area contributed by atoms with Crippen molar-refractivity contribution < 1.29 is 19.2 Å². The molecule has 0 unspecified atom stereocenters. The first kappa shape index (κ1) is 19.5. The Morgan fingerprint density at radius 3 is 2.79 bits per heavy atom. The lowest BCUT2D eigenvalue weighted by molar-refractivity contribution is -0.384. The minimum atomic E-state index is -0.558. The lowest BCUT2D eigenvalue weighted by Crippen LogP contribution is -2.15. The van der Waals surface area contributed by atoms with Gasteiger partial charge in [-0.05, 0) is 31.2 Å². The van der Waals surface area contributed by atoms with E-state index < -0.39 is 4.92 Å². The van der Waals surface area contributed by atoms with Crippen LogP contribution in [0.2, 0.25) is 0 Å². The summed E-state index contributed by atoms with van der Waals surface area (Å²) >= 11 is 1.20. The summed E-state index contributed by atoms with van der Waals surface area (Å²) in [5.74, 6) is 0.740. The Balaban J connectivity index is 1.66. The van der Waals surface area contributed by atoms with Crippen molar-refractivity contribution in [2.45, 2.75) is 12.1 Å². The Hall–Kier alpha value is -3.27. The molecule has 0 aliphatic rings. The predicted octanol–water partition coefficient (Wildman–Crippen LogP) is 3.61. The maximum Gasteiger partial charge on any atom is 0.296 e. The van der Waals surface area contributed by atoms with Crippen molar-refractivity contribution in [3.05, 3.63) is 46.5 Å². The molecule has 0 aliphatic heterocycles. The number of nitro benzene ring substituents is 1. The third kappa shape index (κ3) is 4.52. The third-order valence-electron chi connectivity index (χ3n) is 3.76. The highest BCUT2D eigenvalue weighted by atomic mass is 32.2. The number of nitro groups is 1. The minimum absolute atomic E-state index is 0.0430. The van der Waals surface area contributed by atoms with Crippen molar-refractivity contribution in [2.24, 2.45) is 0 Å². The standard InChI is InChI=1S/C18H18N4O5S/c1-3-27-12-5-7-14(16(9-12)22(24)25)19-17(23)10-28-18-20-13-6-4-11(26-2)8-15(13)21-18/h4-9H,3,10H2,1-2H3,(H,19,23)(H,20,21). The number of benzene rings is 2. The molecule has 2 aromatic carbocycles. The zero-order valence-electron chi connectivity index (χ0n) is 15.2. The molecular weight excluding hydrogens is 384 g/mol. The van der Waals surface area contributed by atoms with Gasteiger partial charge >= 0.3 is 0 Å².